The first-order valence-corrected chi connectivity index (χ1v) is 6.83. The van der Waals surface area contributed by atoms with E-state index >= 15 is 0 Å². The van der Waals surface area contributed by atoms with Crippen LogP contribution in [0.15, 0.2) is 24.5 Å². The first-order chi connectivity index (χ1) is 9.60. The Morgan fingerprint density at radius 3 is 2.65 bits per heavy atom. The van der Waals surface area contributed by atoms with Crippen molar-refractivity contribution in [1.29, 1.82) is 0 Å². The van der Waals surface area contributed by atoms with Crippen molar-refractivity contribution in [2.24, 2.45) is 0 Å². The lowest BCUT2D eigenvalue weighted by atomic mass is 10.2. The molecule has 2 aromatic heterocycles. The largest absolute Gasteiger partial charge is 0.478 e. The zero-order valence-corrected chi connectivity index (χ0v) is 11.6. The van der Waals surface area contributed by atoms with Crippen molar-refractivity contribution in [2.75, 3.05) is 0 Å². The summed E-state index contributed by atoms with van der Waals surface area (Å²) in [6.07, 6.45) is 3.88. The monoisotopic (exact) mass is 291 g/mol. The minimum absolute atomic E-state index is 0.0501. The molecular weight excluding hydrogens is 278 g/mol. The number of nitrogens with one attached hydrogen (secondary N) is 1. The molecule has 104 valence electrons. The van der Waals surface area contributed by atoms with Gasteiger partial charge in [0.25, 0.3) is 5.91 Å². The second-order valence-electron chi connectivity index (χ2n) is 3.99. The van der Waals surface area contributed by atoms with E-state index in [0.29, 0.717) is 6.54 Å². The van der Waals surface area contributed by atoms with Crippen LogP contribution in [0.2, 0.25) is 0 Å². The molecule has 2 rings (SSSR count). The fraction of sp³-hybridized carbons (Fsp3) is 0.231. The number of thiazole rings is 1. The third-order valence-corrected chi connectivity index (χ3v) is 3.73. The lowest BCUT2D eigenvalue weighted by molar-refractivity contribution is 0.0695. The van der Waals surface area contributed by atoms with E-state index in [2.05, 4.69) is 15.3 Å². The summed E-state index contributed by atoms with van der Waals surface area (Å²) in [6.45, 7) is 2.38. The van der Waals surface area contributed by atoms with E-state index in [-0.39, 0.29) is 17.2 Å². The van der Waals surface area contributed by atoms with Gasteiger partial charge in [-0.25, -0.2) is 9.78 Å². The number of hydrogen-bond donors (Lipinski definition) is 2. The molecule has 0 aromatic carbocycles. The number of nitrogens with zero attached hydrogens (tertiary/aromatic N) is 2. The van der Waals surface area contributed by atoms with E-state index in [1.165, 1.54) is 12.1 Å². The number of carboxylic acids is 1. The second kappa shape index (κ2) is 6.25. The quantitative estimate of drug-likeness (QED) is 0.875. The van der Waals surface area contributed by atoms with Crippen molar-refractivity contribution in [1.82, 2.24) is 15.3 Å². The molecule has 6 nitrogen and oxygen atoms in total. The van der Waals surface area contributed by atoms with Crippen molar-refractivity contribution in [3.63, 3.8) is 0 Å². The fourth-order valence-corrected chi connectivity index (χ4v) is 2.30. The Balaban J connectivity index is 1.96. The zero-order chi connectivity index (χ0) is 14.5. The maximum Gasteiger partial charge on any atom is 0.337 e. The van der Waals surface area contributed by atoms with Crippen LogP contribution in [-0.2, 0) is 13.0 Å². The Morgan fingerprint density at radius 2 is 2.10 bits per heavy atom. The fourth-order valence-electron chi connectivity index (χ4n) is 1.49. The summed E-state index contributed by atoms with van der Waals surface area (Å²) in [7, 11) is 0. The summed E-state index contributed by atoms with van der Waals surface area (Å²) in [5.41, 5.74) is 0.233. The molecule has 2 N–H and O–H groups in total. The number of aromatic carboxylic acids is 1. The molecule has 2 aromatic rings. The van der Waals surface area contributed by atoms with Crippen LogP contribution < -0.4 is 5.32 Å². The minimum Gasteiger partial charge on any atom is -0.478 e. The Morgan fingerprint density at radius 1 is 1.30 bits per heavy atom. The number of hydrogen-bond acceptors (Lipinski definition) is 5. The van der Waals surface area contributed by atoms with Crippen LogP contribution in [0.5, 0.6) is 0 Å². The smallest absolute Gasteiger partial charge is 0.337 e. The number of carbonyl (C=O) groups excluding carboxylic acids is 1. The van der Waals surface area contributed by atoms with E-state index in [1.807, 2.05) is 6.92 Å². The topological polar surface area (TPSA) is 92.2 Å². The highest BCUT2D eigenvalue weighted by atomic mass is 32.1. The molecule has 20 heavy (non-hydrogen) atoms. The van der Waals surface area contributed by atoms with Crippen LogP contribution in [-0.4, -0.2) is 27.0 Å². The normalized spacial score (nSPS) is 10.2. The predicted molar refractivity (Wildman–Crippen MR) is 73.9 cm³/mol. The summed E-state index contributed by atoms with van der Waals surface area (Å²) in [5, 5.41) is 12.3. The van der Waals surface area contributed by atoms with Crippen LogP contribution in [0.3, 0.4) is 0 Å². The molecular formula is C13H13N3O3S. The van der Waals surface area contributed by atoms with Crippen molar-refractivity contribution >= 4 is 23.2 Å². The highest BCUT2D eigenvalue weighted by molar-refractivity contribution is 7.11. The predicted octanol–water partition coefficient (Wildman–Crippen LogP) is 1.73. The lowest BCUT2D eigenvalue weighted by Gasteiger charge is -2.02. The standard InChI is InChI=1S/C13H13N3O3S/c1-2-9-6-15-11(20-9)7-16-12(17)10-4-3-8(5-14-10)13(18)19/h3-6H,2,7H2,1H3,(H,16,17)(H,18,19). The summed E-state index contributed by atoms with van der Waals surface area (Å²) >= 11 is 1.55. The Bertz CT molecular complexity index is 622. The molecule has 0 aliphatic carbocycles. The summed E-state index contributed by atoms with van der Waals surface area (Å²) in [4.78, 5) is 31.7. The van der Waals surface area contributed by atoms with Gasteiger partial charge < -0.3 is 10.4 Å². The summed E-state index contributed by atoms with van der Waals surface area (Å²) in [5.74, 6) is -1.42. The molecule has 0 atom stereocenters. The highest BCUT2D eigenvalue weighted by Crippen LogP contribution is 2.13. The zero-order valence-electron chi connectivity index (χ0n) is 10.8. The molecule has 0 aliphatic rings. The SMILES string of the molecule is CCc1cnc(CNC(=O)c2ccc(C(=O)O)cn2)s1. The molecule has 0 spiro atoms. The number of amides is 1. The third kappa shape index (κ3) is 3.39. The van der Waals surface area contributed by atoms with E-state index < -0.39 is 5.97 Å². The van der Waals surface area contributed by atoms with Crippen LogP contribution in [0.25, 0.3) is 0 Å². The molecule has 7 heteroatoms. The van der Waals surface area contributed by atoms with Gasteiger partial charge in [-0.3, -0.25) is 9.78 Å². The van der Waals surface area contributed by atoms with E-state index in [1.54, 1.807) is 17.5 Å². The third-order valence-electron chi connectivity index (χ3n) is 2.59. The van der Waals surface area contributed by atoms with Gasteiger partial charge in [0.05, 0.1) is 12.1 Å². The van der Waals surface area contributed by atoms with Gasteiger partial charge in [-0.15, -0.1) is 11.3 Å². The molecule has 0 fully saturated rings. The number of aryl methyl sites for hydroxylation is 1. The van der Waals surface area contributed by atoms with Crippen molar-refractivity contribution in [3.05, 3.63) is 45.7 Å². The maximum absolute atomic E-state index is 11.8. The Kier molecular flexibility index (Phi) is 4.41. The highest BCUT2D eigenvalue weighted by Gasteiger charge is 2.10. The van der Waals surface area contributed by atoms with Gasteiger partial charge in [-0.2, -0.15) is 0 Å². The van der Waals surface area contributed by atoms with Crippen LogP contribution >= 0.6 is 11.3 Å². The van der Waals surface area contributed by atoms with Crippen LogP contribution in [0, 0.1) is 0 Å². The van der Waals surface area contributed by atoms with Gasteiger partial charge in [0.1, 0.15) is 10.7 Å². The van der Waals surface area contributed by atoms with Crippen LogP contribution in [0.1, 0.15) is 37.7 Å². The number of carbonyl (C=O) groups is 2. The summed E-state index contributed by atoms with van der Waals surface area (Å²) in [6, 6.07) is 2.74. The van der Waals surface area contributed by atoms with Gasteiger partial charge >= 0.3 is 5.97 Å². The molecule has 0 unspecified atom stereocenters. The van der Waals surface area contributed by atoms with Crippen molar-refractivity contribution in [2.45, 2.75) is 19.9 Å². The van der Waals surface area contributed by atoms with Crippen LogP contribution in [0.4, 0.5) is 0 Å². The van der Waals surface area contributed by atoms with Gasteiger partial charge in [0.15, 0.2) is 0 Å². The Hall–Kier alpha value is -2.28. The average Bonchev–Trinajstić information content (AvgIpc) is 2.93. The van der Waals surface area contributed by atoms with Crippen molar-refractivity contribution < 1.29 is 14.7 Å². The second-order valence-corrected chi connectivity index (χ2v) is 5.19. The van der Waals surface area contributed by atoms with E-state index in [4.69, 9.17) is 5.11 Å². The number of aromatic nitrogens is 2. The maximum atomic E-state index is 11.8. The average molecular weight is 291 g/mol. The molecule has 1 amide bonds. The molecule has 0 radical (unpaired) electrons. The Labute approximate surface area is 119 Å². The van der Waals surface area contributed by atoms with Gasteiger partial charge in [0, 0.05) is 17.3 Å². The molecule has 0 aliphatic heterocycles. The molecule has 0 saturated heterocycles. The number of carboxylic acid groups (broad SMARTS) is 1. The number of pyridine rings is 1. The number of rotatable bonds is 5. The molecule has 0 saturated carbocycles. The van der Waals surface area contributed by atoms with E-state index in [0.717, 1.165) is 22.5 Å². The molecule has 0 bridgehead atoms. The first kappa shape index (κ1) is 14.1. The lowest BCUT2D eigenvalue weighted by Crippen LogP contribution is -2.23. The minimum atomic E-state index is -1.07. The van der Waals surface area contributed by atoms with E-state index in [9.17, 15) is 9.59 Å². The first-order valence-electron chi connectivity index (χ1n) is 6.01. The summed E-state index contributed by atoms with van der Waals surface area (Å²) < 4.78 is 0. The van der Waals surface area contributed by atoms with Gasteiger partial charge in [-0.1, -0.05) is 6.92 Å². The van der Waals surface area contributed by atoms with Gasteiger partial charge in [-0.05, 0) is 18.6 Å². The van der Waals surface area contributed by atoms with Gasteiger partial charge in [0.2, 0.25) is 0 Å². The molecule has 2 heterocycles. The van der Waals surface area contributed by atoms with Crippen molar-refractivity contribution in [3.8, 4) is 0 Å².